The maximum absolute atomic E-state index is 11.8. The predicted octanol–water partition coefficient (Wildman–Crippen LogP) is 1.08. The Balaban J connectivity index is 1.94. The number of carbonyl (C=O) groups excluding carboxylic acids is 1. The van der Waals surface area contributed by atoms with E-state index < -0.39 is 0 Å². The summed E-state index contributed by atoms with van der Waals surface area (Å²) in [5.74, 6) is -0.0485. The lowest BCUT2D eigenvalue weighted by Crippen LogP contribution is -2.41. The molecule has 1 aliphatic heterocycles. The molecule has 1 saturated heterocycles. The van der Waals surface area contributed by atoms with Gasteiger partial charge in [0.25, 0.3) is 0 Å². The standard InChI is InChI=1S/C13H16N2O2/c16-12-4-2-8-15(10-12)13(17)6-5-11-3-1-7-14-9-11/h1,3,5-7,9,12,16H,2,4,8,10H2/b6-5+. The van der Waals surface area contributed by atoms with Crippen molar-refractivity contribution < 1.29 is 9.90 Å². The number of aliphatic hydroxyl groups excluding tert-OH is 1. The Morgan fingerprint density at radius 1 is 1.59 bits per heavy atom. The number of piperidine rings is 1. The molecule has 0 bridgehead atoms. The molecule has 0 radical (unpaired) electrons. The average molecular weight is 232 g/mol. The highest BCUT2D eigenvalue weighted by atomic mass is 16.3. The molecule has 0 aliphatic carbocycles. The van der Waals surface area contributed by atoms with Crippen molar-refractivity contribution in [2.45, 2.75) is 18.9 Å². The number of β-amino-alcohol motifs (C(OH)–C–C–N with tert-alkyl or cyclic N) is 1. The van der Waals surface area contributed by atoms with E-state index in [1.807, 2.05) is 12.1 Å². The van der Waals surface area contributed by atoms with Gasteiger partial charge in [-0.15, -0.1) is 0 Å². The van der Waals surface area contributed by atoms with Crippen LogP contribution >= 0.6 is 0 Å². The molecular formula is C13H16N2O2. The van der Waals surface area contributed by atoms with Crippen molar-refractivity contribution in [1.82, 2.24) is 9.88 Å². The Kier molecular flexibility index (Phi) is 3.88. The molecule has 1 fully saturated rings. The number of aromatic nitrogens is 1. The van der Waals surface area contributed by atoms with E-state index in [2.05, 4.69) is 4.98 Å². The van der Waals surface area contributed by atoms with Crippen LogP contribution in [0.15, 0.2) is 30.6 Å². The first-order valence-electron chi connectivity index (χ1n) is 5.81. The van der Waals surface area contributed by atoms with Gasteiger partial charge in [-0.05, 0) is 30.5 Å². The zero-order chi connectivity index (χ0) is 12.1. The second-order valence-electron chi connectivity index (χ2n) is 4.20. The minimum Gasteiger partial charge on any atom is -0.391 e. The van der Waals surface area contributed by atoms with Gasteiger partial charge in [-0.3, -0.25) is 9.78 Å². The summed E-state index contributed by atoms with van der Waals surface area (Å²) >= 11 is 0. The van der Waals surface area contributed by atoms with Crippen molar-refractivity contribution in [2.75, 3.05) is 13.1 Å². The molecule has 1 unspecified atom stereocenters. The molecule has 17 heavy (non-hydrogen) atoms. The second-order valence-corrected chi connectivity index (χ2v) is 4.20. The number of nitrogens with zero attached hydrogens (tertiary/aromatic N) is 2. The molecule has 4 heteroatoms. The number of hydrogen-bond donors (Lipinski definition) is 1. The number of amides is 1. The van der Waals surface area contributed by atoms with E-state index in [1.54, 1.807) is 23.4 Å². The van der Waals surface area contributed by atoms with Crippen LogP contribution in [0.25, 0.3) is 6.08 Å². The van der Waals surface area contributed by atoms with Crippen molar-refractivity contribution in [3.8, 4) is 0 Å². The minimum atomic E-state index is -0.375. The summed E-state index contributed by atoms with van der Waals surface area (Å²) in [4.78, 5) is 17.5. The van der Waals surface area contributed by atoms with Crippen LogP contribution in [0.3, 0.4) is 0 Å². The van der Waals surface area contributed by atoms with Crippen LogP contribution in [-0.2, 0) is 4.79 Å². The first-order valence-corrected chi connectivity index (χ1v) is 5.81. The topological polar surface area (TPSA) is 53.4 Å². The number of aliphatic hydroxyl groups is 1. The highest BCUT2D eigenvalue weighted by molar-refractivity contribution is 5.91. The molecule has 1 aromatic heterocycles. The van der Waals surface area contributed by atoms with Gasteiger partial charge in [0.2, 0.25) is 5.91 Å². The third kappa shape index (κ3) is 3.39. The molecule has 2 rings (SSSR count). The summed E-state index contributed by atoms with van der Waals surface area (Å²) in [6.45, 7) is 1.17. The lowest BCUT2D eigenvalue weighted by Gasteiger charge is -2.29. The SMILES string of the molecule is O=C(/C=C/c1cccnc1)N1CCCC(O)C1. The van der Waals surface area contributed by atoms with E-state index in [1.165, 1.54) is 6.08 Å². The summed E-state index contributed by atoms with van der Waals surface area (Å²) in [7, 11) is 0. The van der Waals surface area contributed by atoms with Crippen molar-refractivity contribution >= 4 is 12.0 Å². The Hall–Kier alpha value is -1.68. The van der Waals surface area contributed by atoms with E-state index in [0.717, 1.165) is 24.9 Å². The lowest BCUT2D eigenvalue weighted by atomic mass is 10.1. The van der Waals surface area contributed by atoms with Gasteiger partial charge in [-0.1, -0.05) is 6.07 Å². The van der Waals surface area contributed by atoms with Crippen molar-refractivity contribution in [2.24, 2.45) is 0 Å². The fourth-order valence-electron chi connectivity index (χ4n) is 1.90. The normalized spacial score (nSPS) is 20.8. The average Bonchev–Trinajstić information content (AvgIpc) is 2.37. The van der Waals surface area contributed by atoms with Crippen molar-refractivity contribution in [3.63, 3.8) is 0 Å². The van der Waals surface area contributed by atoms with Gasteiger partial charge in [0.1, 0.15) is 0 Å². The molecule has 0 aromatic carbocycles. The van der Waals surface area contributed by atoms with Crippen LogP contribution < -0.4 is 0 Å². The molecule has 1 atom stereocenters. The first kappa shape index (κ1) is 11.8. The summed E-state index contributed by atoms with van der Waals surface area (Å²) in [5.41, 5.74) is 0.901. The fourth-order valence-corrected chi connectivity index (χ4v) is 1.90. The summed E-state index contributed by atoms with van der Waals surface area (Å²) in [6.07, 6.45) is 7.96. The Bertz CT molecular complexity index is 403. The van der Waals surface area contributed by atoms with E-state index >= 15 is 0 Å². The molecule has 90 valence electrons. The van der Waals surface area contributed by atoms with Crippen LogP contribution in [-0.4, -0.2) is 40.1 Å². The van der Waals surface area contributed by atoms with Crippen molar-refractivity contribution in [1.29, 1.82) is 0 Å². The monoisotopic (exact) mass is 232 g/mol. The van der Waals surface area contributed by atoms with E-state index in [9.17, 15) is 9.90 Å². The Morgan fingerprint density at radius 3 is 3.18 bits per heavy atom. The van der Waals surface area contributed by atoms with Gasteiger partial charge >= 0.3 is 0 Å². The van der Waals surface area contributed by atoms with Gasteiger partial charge < -0.3 is 10.0 Å². The molecule has 1 amide bonds. The first-order chi connectivity index (χ1) is 8.25. The number of likely N-dealkylation sites (tertiary alicyclic amines) is 1. The summed E-state index contributed by atoms with van der Waals surface area (Å²) in [6, 6.07) is 3.72. The second kappa shape index (κ2) is 5.59. The van der Waals surface area contributed by atoms with E-state index in [0.29, 0.717) is 6.54 Å². The highest BCUT2D eigenvalue weighted by Crippen LogP contribution is 2.10. The maximum Gasteiger partial charge on any atom is 0.246 e. The van der Waals surface area contributed by atoms with Crippen LogP contribution in [0.4, 0.5) is 0 Å². The van der Waals surface area contributed by atoms with E-state index in [-0.39, 0.29) is 12.0 Å². The predicted molar refractivity (Wildman–Crippen MR) is 65.1 cm³/mol. The van der Waals surface area contributed by atoms with Gasteiger partial charge in [0.15, 0.2) is 0 Å². The molecule has 0 saturated carbocycles. The lowest BCUT2D eigenvalue weighted by molar-refractivity contribution is -0.128. The summed E-state index contributed by atoms with van der Waals surface area (Å²) in [5, 5.41) is 9.49. The van der Waals surface area contributed by atoms with E-state index in [4.69, 9.17) is 0 Å². The minimum absolute atomic E-state index is 0.0485. The number of rotatable bonds is 2. The smallest absolute Gasteiger partial charge is 0.246 e. The molecule has 2 heterocycles. The summed E-state index contributed by atoms with van der Waals surface area (Å²) < 4.78 is 0. The van der Waals surface area contributed by atoms with Crippen LogP contribution in [0, 0.1) is 0 Å². The van der Waals surface area contributed by atoms with Gasteiger partial charge in [-0.2, -0.15) is 0 Å². The van der Waals surface area contributed by atoms with Gasteiger partial charge in [0, 0.05) is 31.6 Å². The fraction of sp³-hybridized carbons (Fsp3) is 0.385. The molecule has 0 spiro atoms. The quantitative estimate of drug-likeness (QED) is 0.776. The number of pyridine rings is 1. The molecule has 1 N–H and O–H groups in total. The highest BCUT2D eigenvalue weighted by Gasteiger charge is 2.20. The van der Waals surface area contributed by atoms with Crippen molar-refractivity contribution in [3.05, 3.63) is 36.2 Å². The van der Waals surface area contributed by atoms with Crippen LogP contribution in [0.5, 0.6) is 0 Å². The van der Waals surface area contributed by atoms with Crippen LogP contribution in [0.2, 0.25) is 0 Å². The zero-order valence-electron chi connectivity index (χ0n) is 9.62. The zero-order valence-corrected chi connectivity index (χ0v) is 9.62. The maximum atomic E-state index is 11.8. The third-order valence-corrected chi connectivity index (χ3v) is 2.81. The number of carbonyl (C=O) groups is 1. The molecule has 1 aromatic rings. The Labute approximate surface area is 101 Å². The third-order valence-electron chi connectivity index (χ3n) is 2.81. The molecule has 1 aliphatic rings. The molecular weight excluding hydrogens is 216 g/mol. The van der Waals surface area contributed by atoms with Gasteiger partial charge in [-0.25, -0.2) is 0 Å². The molecule has 4 nitrogen and oxygen atoms in total. The number of hydrogen-bond acceptors (Lipinski definition) is 3. The Morgan fingerprint density at radius 2 is 2.47 bits per heavy atom. The van der Waals surface area contributed by atoms with Gasteiger partial charge in [0.05, 0.1) is 6.10 Å². The largest absolute Gasteiger partial charge is 0.391 e. The van der Waals surface area contributed by atoms with Crippen LogP contribution in [0.1, 0.15) is 18.4 Å².